The summed E-state index contributed by atoms with van der Waals surface area (Å²) in [7, 11) is 0. The zero-order valence-electron chi connectivity index (χ0n) is 18.2. The number of nitrogens with one attached hydrogen (secondary N) is 1. The second kappa shape index (κ2) is 8.39. The van der Waals surface area contributed by atoms with E-state index in [1.165, 1.54) is 6.92 Å². The van der Waals surface area contributed by atoms with Crippen LogP contribution in [-0.4, -0.2) is 38.2 Å². The summed E-state index contributed by atoms with van der Waals surface area (Å²) in [4.78, 5) is 34.6. The number of carbonyl (C=O) groups is 2. The van der Waals surface area contributed by atoms with E-state index in [1.807, 2.05) is 72.9 Å². The Hall–Kier alpha value is -4.19. The van der Waals surface area contributed by atoms with Crippen molar-refractivity contribution in [3.05, 3.63) is 102 Å². The largest absolute Gasteiger partial charge is 0.503 e. The van der Waals surface area contributed by atoms with Crippen molar-refractivity contribution >= 4 is 22.6 Å². The van der Waals surface area contributed by atoms with Crippen LogP contribution < -0.4 is 0 Å². The lowest BCUT2D eigenvalue weighted by Gasteiger charge is -2.26. The number of hydrogen-bond acceptors (Lipinski definition) is 4. The van der Waals surface area contributed by atoms with E-state index < -0.39 is 17.7 Å². The fraction of sp³-hybridized carbons (Fsp3) is 0.148. The highest BCUT2D eigenvalue weighted by Gasteiger charge is 2.42. The molecule has 2 N–H and O–H groups in total. The first-order chi connectivity index (χ1) is 16.0. The van der Waals surface area contributed by atoms with E-state index in [-0.39, 0.29) is 11.4 Å². The number of amides is 1. The molecule has 0 radical (unpaired) electrons. The molecule has 0 saturated heterocycles. The average Bonchev–Trinajstić information content (AvgIpc) is 3.37. The Morgan fingerprint density at radius 3 is 2.55 bits per heavy atom. The fourth-order valence-electron chi connectivity index (χ4n) is 4.54. The van der Waals surface area contributed by atoms with Gasteiger partial charge in [-0.15, -0.1) is 0 Å². The highest BCUT2D eigenvalue weighted by atomic mass is 16.3. The van der Waals surface area contributed by atoms with Gasteiger partial charge in [-0.3, -0.25) is 14.6 Å². The lowest BCUT2D eigenvalue weighted by Crippen LogP contribution is -2.32. The van der Waals surface area contributed by atoms with Crippen molar-refractivity contribution in [2.24, 2.45) is 0 Å². The third kappa shape index (κ3) is 3.69. The minimum atomic E-state index is -0.627. The van der Waals surface area contributed by atoms with Gasteiger partial charge in [-0.1, -0.05) is 48.5 Å². The van der Waals surface area contributed by atoms with Gasteiger partial charge < -0.3 is 15.0 Å². The van der Waals surface area contributed by atoms with E-state index in [0.717, 1.165) is 33.3 Å². The molecule has 1 atom stereocenters. The Morgan fingerprint density at radius 2 is 1.82 bits per heavy atom. The Labute approximate surface area is 191 Å². The van der Waals surface area contributed by atoms with Crippen LogP contribution in [0.3, 0.4) is 0 Å². The monoisotopic (exact) mass is 437 g/mol. The molecule has 164 valence electrons. The molecule has 0 fully saturated rings. The number of Topliss-reactive ketones (excluding diaryl/α,β-unsaturated/α-hetero) is 1. The van der Waals surface area contributed by atoms with E-state index >= 15 is 0 Å². The number of ketones is 1. The Balaban J connectivity index is 1.46. The van der Waals surface area contributed by atoms with Gasteiger partial charge >= 0.3 is 0 Å². The van der Waals surface area contributed by atoms with Gasteiger partial charge in [0.1, 0.15) is 0 Å². The second-order valence-corrected chi connectivity index (χ2v) is 8.17. The first-order valence-electron chi connectivity index (χ1n) is 10.9. The molecule has 2 aromatic heterocycles. The summed E-state index contributed by atoms with van der Waals surface area (Å²) in [5, 5.41) is 11.6. The quantitative estimate of drug-likeness (QED) is 0.456. The summed E-state index contributed by atoms with van der Waals surface area (Å²) in [6.45, 7) is 1.76. The number of para-hydroxylation sites is 1. The third-order valence-electron chi connectivity index (χ3n) is 6.17. The molecule has 2 aromatic carbocycles. The fourth-order valence-corrected chi connectivity index (χ4v) is 4.54. The third-order valence-corrected chi connectivity index (χ3v) is 6.17. The van der Waals surface area contributed by atoms with Crippen molar-refractivity contribution in [2.45, 2.75) is 19.4 Å². The molecule has 1 unspecified atom stereocenters. The molecule has 0 spiro atoms. The summed E-state index contributed by atoms with van der Waals surface area (Å²) < 4.78 is 0. The first-order valence-corrected chi connectivity index (χ1v) is 10.9. The number of fused-ring (bicyclic) bond motifs is 1. The van der Waals surface area contributed by atoms with Gasteiger partial charge in [0.25, 0.3) is 5.91 Å². The average molecular weight is 437 g/mol. The Kier molecular flexibility index (Phi) is 5.26. The summed E-state index contributed by atoms with van der Waals surface area (Å²) in [5.41, 5.74) is 4.81. The topological polar surface area (TPSA) is 86.3 Å². The van der Waals surface area contributed by atoms with Gasteiger partial charge in [-0.2, -0.15) is 0 Å². The molecule has 5 rings (SSSR count). The standard InChI is InChI=1S/C27H23N3O3/c1-17(31)24-25(19-11-9-18(10-12-19)22-7-4-5-14-28-22)30(27(33)26(24)32)15-13-20-16-29-23-8-3-2-6-21(20)23/h2-12,14,16,25,29,32H,13,15H2,1H3. The number of pyridine rings is 1. The number of H-pyrrole nitrogens is 1. The number of rotatable bonds is 6. The summed E-state index contributed by atoms with van der Waals surface area (Å²) in [6, 6.07) is 20.7. The normalized spacial score (nSPS) is 16.1. The maximum Gasteiger partial charge on any atom is 0.290 e. The van der Waals surface area contributed by atoms with Crippen molar-refractivity contribution in [3.63, 3.8) is 0 Å². The van der Waals surface area contributed by atoms with Gasteiger partial charge in [0, 0.05) is 35.4 Å². The van der Waals surface area contributed by atoms with Crippen LogP contribution in [0.25, 0.3) is 22.2 Å². The second-order valence-electron chi connectivity index (χ2n) is 8.17. The first kappa shape index (κ1) is 20.7. The Morgan fingerprint density at radius 1 is 1.06 bits per heavy atom. The molecular formula is C27H23N3O3. The van der Waals surface area contributed by atoms with Crippen LogP contribution in [0.2, 0.25) is 0 Å². The summed E-state index contributed by atoms with van der Waals surface area (Å²) in [6.07, 6.45) is 4.28. The van der Waals surface area contributed by atoms with Crippen molar-refractivity contribution in [1.29, 1.82) is 0 Å². The van der Waals surface area contributed by atoms with E-state index in [0.29, 0.717) is 13.0 Å². The van der Waals surface area contributed by atoms with Crippen molar-refractivity contribution in [3.8, 4) is 11.3 Å². The van der Waals surface area contributed by atoms with Crippen LogP contribution in [0, 0.1) is 0 Å². The number of aliphatic hydroxyl groups is 1. The van der Waals surface area contributed by atoms with Crippen molar-refractivity contribution in [2.75, 3.05) is 6.54 Å². The van der Waals surface area contributed by atoms with Crippen LogP contribution in [-0.2, 0) is 16.0 Å². The minimum absolute atomic E-state index is 0.143. The number of benzene rings is 2. The van der Waals surface area contributed by atoms with Gasteiger partial charge in [0.15, 0.2) is 11.5 Å². The highest BCUT2D eigenvalue weighted by molar-refractivity contribution is 6.08. The minimum Gasteiger partial charge on any atom is -0.503 e. The molecular weight excluding hydrogens is 414 g/mol. The molecule has 0 aliphatic carbocycles. The van der Waals surface area contributed by atoms with E-state index in [2.05, 4.69) is 9.97 Å². The highest BCUT2D eigenvalue weighted by Crippen LogP contribution is 2.38. The SMILES string of the molecule is CC(=O)C1=C(O)C(=O)N(CCc2c[nH]c3ccccc23)C1c1ccc(-c2ccccn2)cc1. The van der Waals surface area contributed by atoms with E-state index in [1.54, 1.807) is 11.1 Å². The molecule has 0 saturated carbocycles. The zero-order valence-corrected chi connectivity index (χ0v) is 18.2. The maximum atomic E-state index is 13.0. The smallest absolute Gasteiger partial charge is 0.290 e. The number of aromatic nitrogens is 2. The predicted molar refractivity (Wildman–Crippen MR) is 126 cm³/mol. The molecule has 6 nitrogen and oxygen atoms in total. The summed E-state index contributed by atoms with van der Waals surface area (Å²) in [5.74, 6) is -1.28. The molecule has 1 amide bonds. The Bertz CT molecular complexity index is 1370. The molecule has 1 aliphatic rings. The molecule has 6 heteroatoms. The van der Waals surface area contributed by atoms with Crippen LogP contribution in [0.4, 0.5) is 0 Å². The number of nitrogens with zero attached hydrogens (tertiary/aromatic N) is 2. The lowest BCUT2D eigenvalue weighted by molar-refractivity contribution is -0.129. The maximum absolute atomic E-state index is 13.0. The number of aromatic amines is 1. The molecule has 3 heterocycles. The molecule has 0 bridgehead atoms. The van der Waals surface area contributed by atoms with Crippen molar-refractivity contribution < 1.29 is 14.7 Å². The van der Waals surface area contributed by atoms with Crippen molar-refractivity contribution in [1.82, 2.24) is 14.9 Å². The van der Waals surface area contributed by atoms with E-state index in [9.17, 15) is 14.7 Å². The molecule has 1 aliphatic heterocycles. The van der Waals surface area contributed by atoms with Gasteiger partial charge in [0.05, 0.1) is 17.3 Å². The number of carbonyl (C=O) groups excluding carboxylic acids is 2. The van der Waals surface area contributed by atoms with Crippen LogP contribution in [0.5, 0.6) is 0 Å². The van der Waals surface area contributed by atoms with Gasteiger partial charge in [0.2, 0.25) is 0 Å². The molecule has 4 aromatic rings. The van der Waals surface area contributed by atoms with Gasteiger partial charge in [-0.05, 0) is 42.7 Å². The molecule has 33 heavy (non-hydrogen) atoms. The van der Waals surface area contributed by atoms with Gasteiger partial charge in [-0.25, -0.2) is 0 Å². The van der Waals surface area contributed by atoms with Crippen LogP contribution >= 0.6 is 0 Å². The zero-order chi connectivity index (χ0) is 22.9. The number of hydrogen-bond donors (Lipinski definition) is 2. The summed E-state index contributed by atoms with van der Waals surface area (Å²) >= 11 is 0. The van der Waals surface area contributed by atoms with Crippen LogP contribution in [0.15, 0.2) is 90.5 Å². The van der Waals surface area contributed by atoms with E-state index in [4.69, 9.17) is 0 Å². The van der Waals surface area contributed by atoms with Crippen LogP contribution in [0.1, 0.15) is 24.1 Å². The number of aliphatic hydroxyl groups excluding tert-OH is 1. The lowest BCUT2D eigenvalue weighted by atomic mass is 9.95. The predicted octanol–water partition coefficient (Wildman–Crippen LogP) is 4.76.